The van der Waals surface area contributed by atoms with Gasteiger partial charge in [0.1, 0.15) is 11.6 Å². The standard InChI is InChI=1S/C33H41F2N5O3S/c1-22-6-10-24(11-7-22)31(25-12-14-26(34)15-13-25)32(36)33(41)38-30-5-3-4-29(35)28(30)17-16-27-20-37-18-19-40(27)44(42,43)39(2)21-23-8-9-23/h3-7,10-15,23,27,31-32,37H,8-9,16-21,36H2,1-2H3,(H,38,41)/t27-,31?,32-/m0/s1. The largest absolute Gasteiger partial charge is 0.324 e. The van der Waals surface area contributed by atoms with Gasteiger partial charge in [-0.1, -0.05) is 48.0 Å². The van der Waals surface area contributed by atoms with E-state index in [-0.39, 0.29) is 23.7 Å². The minimum atomic E-state index is -3.67. The van der Waals surface area contributed by atoms with E-state index in [1.807, 2.05) is 31.2 Å². The number of benzene rings is 3. The number of carbonyl (C=O) groups is 1. The molecule has 0 spiro atoms. The van der Waals surface area contributed by atoms with E-state index >= 15 is 4.39 Å². The SMILES string of the molecule is Cc1ccc(C(c2ccc(F)cc2)[C@H](N)C(=O)Nc2cccc(F)c2CC[C@H]2CNCCN2S(=O)(=O)N(C)CC2CC2)cc1. The van der Waals surface area contributed by atoms with Gasteiger partial charge in [-0.2, -0.15) is 17.0 Å². The number of carbonyl (C=O) groups excluding carboxylic acids is 1. The van der Waals surface area contributed by atoms with Crippen LogP contribution in [0.1, 0.15) is 47.4 Å². The molecule has 3 aromatic carbocycles. The molecule has 0 aromatic heterocycles. The second-order valence-electron chi connectivity index (χ2n) is 12.0. The van der Waals surface area contributed by atoms with Crippen LogP contribution in [0.4, 0.5) is 14.5 Å². The molecule has 1 saturated carbocycles. The molecule has 0 bridgehead atoms. The molecule has 0 radical (unpaired) electrons. The van der Waals surface area contributed by atoms with Gasteiger partial charge in [-0.05, 0) is 73.9 Å². The molecular weight excluding hydrogens is 584 g/mol. The zero-order chi connectivity index (χ0) is 31.4. The number of nitrogens with one attached hydrogen (secondary N) is 2. The maximum atomic E-state index is 15.3. The highest BCUT2D eigenvalue weighted by Gasteiger charge is 2.37. The third-order valence-corrected chi connectivity index (χ3v) is 10.6. The van der Waals surface area contributed by atoms with E-state index in [4.69, 9.17) is 5.73 Å². The van der Waals surface area contributed by atoms with Crippen molar-refractivity contribution in [1.82, 2.24) is 13.9 Å². The Kier molecular flexibility index (Phi) is 10.1. The lowest BCUT2D eigenvalue weighted by atomic mass is 9.84. The highest BCUT2D eigenvalue weighted by molar-refractivity contribution is 7.86. The highest BCUT2D eigenvalue weighted by atomic mass is 32.2. The van der Waals surface area contributed by atoms with Crippen molar-refractivity contribution in [1.29, 1.82) is 0 Å². The topological polar surface area (TPSA) is 108 Å². The van der Waals surface area contributed by atoms with Gasteiger partial charge in [0.2, 0.25) is 5.91 Å². The quantitative estimate of drug-likeness (QED) is 0.280. The van der Waals surface area contributed by atoms with Crippen molar-refractivity contribution in [3.63, 3.8) is 0 Å². The number of anilines is 1. The molecule has 5 rings (SSSR count). The number of hydrogen-bond donors (Lipinski definition) is 3. The van der Waals surface area contributed by atoms with Crippen molar-refractivity contribution in [2.24, 2.45) is 11.7 Å². The maximum absolute atomic E-state index is 15.3. The first kappa shape index (κ1) is 32.2. The zero-order valence-corrected chi connectivity index (χ0v) is 26.0. The lowest BCUT2D eigenvalue weighted by Gasteiger charge is -2.37. The average molecular weight is 626 g/mol. The van der Waals surface area contributed by atoms with Gasteiger partial charge in [-0.15, -0.1) is 0 Å². The Labute approximate surface area is 258 Å². The van der Waals surface area contributed by atoms with Crippen LogP contribution >= 0.6 is 0 Å². The Balaban J connectivity index is 1.33. The van der Waals surface area contributed by atoms with E-state index in [2.05, 4.69) is 10.6 Å². The fourth-order valence-corrected chi connectivity index (χ4v) is 7.52. The fraction of sp³-hybridized carbons (Fsp3) is 0.424. The third-order valence-electron chi connectivity index (χ3n) is 8.63. The van der Waals surface area contributed by atoms with Gasteiger partial charge in [0.05, 0.1) is 6.04 Å². The second-order valence-corrected chi connectivity index (χ2v) is 13.9. The minimum absolute atomic E-state index is 0.210. The smallest absolute Gasteiger partial charge is 0.282 e. The van der Waals surface area contributed by atoms with Crippen LogP contribution < -0.4 is 16.4 Å². The van der Waals surface area contributed by atoms with Crippen LogP contribution in [-0.4, -0.2) is 68.2 Å². The summed E-state index contributed by atoms with van der Waals surface area (Å²) in [7, 11) is -2.04. The summed E-state index contributed by atoms with van der Waals surface area (Å²) < 4.78 is 58.8. The monoisotopic (exact) mass is 625 g/mol. The summed E-state index contributed by atoms with van der Waals surface area (Å²) in [5.41, 5.74) is 9.67. The number of halogens is 2. The molecule has 1 heterocycles. The van der Waals surface area contributed by atoms with Crippen molar-refractivity contribution in [2.45, 2.75) is 50.6 Å². The Bertz CT molecular complexity index is 1500. The zero-order valence-electron chi connectivity index (χ0n) is 25.2. The number of nitrogens with two attached hydrogens (primary N) is 1. The van der Waals surface area contributed by atoms with Crippen molar-refractivity contribution in [2.75, 3.05) is 38.5 Å². The van der Waals surface area contributed by atoms with E-state index in [1.54, 1.807) is 25.2 Å². The molecule has 1 aliphatic heterocycles. The van der Waals surface area contributed by atoms with Gasteiger partial charge in [0, 0.05) is 56.4 Å². The van der Waals surface area contributed by atoms with Gasteiger partial charge < -0.3 is 16.4 Å². The molecule has 4 N–H and O–H groups in total. The summed E-state index contributed by atoms with van der Waals surface area (Å²) in [6.07, 6.45) is 2.67. The van der Waals surface area contributed by atoms with E-state index in [9.17, 15) is 17.6 Å². The molecule has 2 fully saturated rings. The number of aryl methyl sites for hydroxylation is 1. The summed E-state index contributed by atoms with van der Waals surface area (Å²) in [5, 5.41) is 6.10. The molecule has 44 heavy (non-hydrogen) atoms. The molecule has 11 heteroatoms. The van der Waals surface area contributed by atoms with Gasteiger partial charge in [-0.25, -0.2) is 8.78 Å². The lowest BCUT2D eigenvalue weighted by Crippen LogP contribution is -2.57. The third kappa shape index (κ3) is 7.52. The number of piperazine rings is 1. The molecule has 3 aromatic rings. The second kappa shape index (κ2) is 13.8. The van der Waals surface area contributed by atoms with Crippen LogP contribution in [0.2, 0.25) is 0 Å². The molecule has 1 saturated heterocycles. The Morgan fingerprint density at radius 1 is 1.07 bits per heavy atom. The fourth-order valence-electron chi connectivity index (χ4n) is 5.89. The van der Waals surface area contributed by atoms with E-state index in [0.29, 0.717) is 44.1 Å². The first-order valence-electron chi connectivity index (χ1n) is 15.1. The molecular formula is C33H41F2N5O3S. The lowest BCUT2D eigenvalue weighted by molar-refractivity contribution is -0.117. The van der Waals surface area contributed by atoms with Crippen molar-refractivity contribution >= 4 is 21.8 Å². The van der Waals surface area contributed by atoms with Crippen molar-refractivity contribution in [3.05, 3.63) is 101 Å². The summed E-state index contributed by atoms with van der Waals surface area (Å²) >= 11 is 0. The van der Waals surface area contributed by atoms with E-state index < -0.39 is 39.7 Å². The summed E-state index contributed by atoms with van der Waals surface area (Å²) in [4.78, 5) is 13.6. The maximum Gasteiger partial charge on any atom is 0.282 e. The number of rotatable bonds is 12. The Morgan fingerprint density at radius 3 is 2.39 bits per heavy atom. The van der Waals surface area contributed by atoms with Gasteiger partial charge in [0.25, 0.3) is 10.2 Å². The first-order valence-corrected chi connectivity index (χ1v) is 16.5. The number of amides is 1. The molecule has 3 atom stereocenters. The van der Waals surface area contributed by atoms with Crippen LogP contribution in [-0.2, 0) is 21.4 Å². The Morgan fingerprint density at radius 2 is 1.73 bits per heavy atom. The van der Waals surface area contributed by atoms with Crippen LogP contribution in [0, 0.1) is 24.5 Å². The van der Waals surface area contributed by atoms with Crippen molar-refractivity contribution < 1.29 is 22.0 Å². The van der Waals surface area contributed by atoms with Crippen LogP contribution in [0.5, 0.6) is 0 Å². The average Bonchev–Trinajstić information content (AvgIpc) is 3.83. The van der Waals surface area contributed by atoms with Crippen LogP contribution in [0.25, 0.3) is 0 Å². The van der Waals surface area contributed by atoms with E-state index in [1.165, 1.54) is 32.9 Å². The summed E-state index contributed by atoms with van der Waals surface area (Å²) in [6, 6.07) is 16.6. The molecule has 236 valence electrons. The molecule has 1 aliphatic carbocycles. The minimum Gasteiger partial charge on any atom is -0.324 e. The molecule has 2 aliphatic rings. The number of nitrogens with zero attached hydrogens (tertiary/aromatic N) is 2. The molecule has 1 amide bonds. The predicted molar refractivity (Wildman–Crippen MR) is 168 cm³/mol. The van der Waals surface area contributed by atoms with Crippen LogP contribution in [0.3, 0.4) is 0 Å². The predicted octanol–water partition coefficient (Wildman–Crippen LogP) is 4.16. The van der Waals surface area contributed by atoms with Gasteiger partial charge in [-0.3, -0.25) is 4.79 Å². The molecule has 1 unspecified atom stereocenters. The molecule has 8 nitrogen and oxygen atoms in total. The summed E-state index contributed by atoms with van der Waals surface area (Å²) in [6.45, 7) is 3.79. The van der Waals surface area contributed by atoms with Crippen molar-refractivity contribution in [3.8, 4) is 0 Å². The van der Waals surface area contributed by atoms with Crippen LogP contribution in [0.15, 0.2) is 66.7 Å². The number of hydrogen-bond acceptors (Lipinski definition) is 5. The summed E-state index contributed by atoms with van der Waals surface area (Å²) in [5.74, 6) is -1.56. The van der Waals surface area contributed by atoms with E-state index in [0.717, 1.165) is 24.0 Å². The first-order chi connectivity index (χ1) is 21.0. The van der Waals surface area contributed by atoms with Gasteiger partial charge in [0.15, 0.2) is 0 Å². The normalized spacial score (nSPS) is 19.1. The highest BCUT2D eigenvalue weighted by Crippen LogP contribution is 2.32. The van der Waals surface area contributed by atoms with Gasteiger partial charge >= 0.3 is 0 Å². The Hall–Kier alpha value is -3.22.